The van der Waals surface area contributed by atoms with E-state index in [0.717, 1.165) is 18.7 Å². The molecule has 0 atom stereocenters. The standard InChI is InChI=1S/C20H17NO/c22-20-12-13-21(20)18-10-8-15(9-11-18)14-17-6-3-5-16-4-1-2-7-19(16)17/h1-11H,12-14H2. The number of benzene rings is 3. The lowest BCUT2D eigenvalue weighted by atomic mass is 9.98. The number of β-lactam (4-membered cyclic amide) rings is 1. The van der Waals surface area contributed by atoms with Crippen LogP contribution in [0.1, 0.15) is 17.5 Å². The van der Waals surface area contributed by atoms with Crippen molar-refractivity contribution in [2.75, 3.05) is 11.4 Å². The third-order valence-electron chi connectivity index (χ3n) is 4.37. The highest BCUT2D eigenvalue weighted by atomic mass is 16.2. The molecule has 0 aliphatic carbocycles. The van der Waals surface area contributed by atoms with E-state index in [0.29, 0.717) is 6.42 Å². The maximum atomic E-state index is 11.5. The SMILES string of the molecule is O=C1CCN1c1ccc(Cc2cccc3ccccc23)cc1. The summed E-state index contributed by atoms with van der Waals surface area (Å²) in [7, 11) is 0. The van der Waals surface area contributed by atoms with Crippen molar-refractivity contribution in [3.63, 3.8) is 0 Å². The summed E-state index contributed by atoms with van der Waals surface area (Å²) in [6.07, 6.45) is 1.59. The van der Waals surface area contributed by atoms with Gasteiger partial charge in [0.05, 0.1) is 0 Å². The van der Waals surface area contributed by atoms with Crippen molar-refractivity contribution >= 4 is 22.4 Å². The van der Waals surface area contributed by atoms with Crippen LogP contribution < -0.4 is 4.90 Å². The van der Waals surface area contributed by atoms with Crippen LogP contribution in [0.5, 0.6) is 0 Å². The molecule has 1 amide bonds. The summed E-state index contributed by atoms with van der Waals surface area (Å²) in [5, 5.41) is 2.59. The average molecular weight is 287 g/mol. The Bertz CT molecular complexity index is 830. The molecule has 0 unspecified atom stereocenters. The van der Waals surface area contributed by atoms with Gasteiger partial charge >= 0.3 is 0 Å². The van der Waals surface area contributed by atoms with Crippen molar-refractivity contribution in [2.24, 2.45) is 0 Å². The van der Waals surface area contributed by atoms with E-state index in [1.54, 1.807) is 0 Å². The Kier molecular flexibility index (Phi) is 3.15. The molecule has 1 saturated heterocycles. The average Bonchev–Trinajstić information content (AvgIpc) is 2.55. The van der Waals surface area contributed by atoms with Crippen LogP contribution in [0.4, 0.5) is 5.69 Å². The first kappa shape index (κ1) is 13.1. The Labute approximate surface area is 130 Å². The van der Waals surface area contributed by atoms with Crippen molar-refractivity contribution in [1.29, 1.82) is 0 Å². The van der Waals surface area contributed by atoms with Gasteiger partial charge in [-0.05, 0) is 40.5 Å². The fraction of sp³-hybridized carbons (Fsp3) is 0.150. The highest BCUT2D eigenvalue weighted by molar-refractivity contribution is 5.99. The molecule has 2 nitrogen and oxygen atoms in total. The molecule has 3 aromatic carbocycles. The van der Waals surface area contributed by atoms with Gasteiger partial charge in [0.15, 0.2) is 0 Å². The topological polar surface area (TPSA) is 20.3 Å². The first-order valence-corrected chi connectivity index (χ1v) is 7.67. The molecular formula is C20H17NO. The second-order valence-corrected chi connectivity index (χ2v) is 5.78. The molecule has 4 rings (SSSR count). The van der Waals surface area contributed by atoms with Crippen molar-refractivity contribution in [3.8, 4) is 0 Å². The number of hydrogen-bond acceptors (Lipinski definition) is 1. The van der Waals surface area contributed by atoms with E-state index in [2.05, 4.69) is 66.7 Å². The number of nitrogens with zero attached hydrogens (tertiary/aromatic N) is 1. The molecule has 0 spiro atoms. The fourth-order valence-electron chi connectivity index (χ4n) is 3.05. The Morgan fingerprint density at radius 3 is 2.36 bits per heavy atom. The van der Waals surface area contributed by atoms with E-state index in [1.807, 2.05) is 4.90 Å². The molecule has 0 radical (unpaired) electrons. The van der Waals surface area contributed by atoms with Crippen molar-refractivity contribution in [3.05, 3.63) is 77.9 Å². The Morgan fingerprint density at radius 2 is 1.64 bits per heavy atom. The third kappa shape index (κ3) is 2.27. The molecule has 2 heteroatoms. The van der Waals surface area contributed by atoms with Gasteiger partial charge < -0.3 is 4.90 Å². The van der Waals surface area contributed by atoms with E-state index in [1.165, 1.54) is 21.9 Å². The van der Waals surface area contributed by atoms with Crippen LogP contribution in [0, 0.1) is 0 Å². The summed E-state index contributed by atoms with van der Waals surface area (Å²) in [6, 6.07) is 23.3. The predicted molar refractivity (Wildman–Crippen MR) is 90.2 cm³/mol. The van der Waals surface area contributed by atoms with Gasteiger partial charge in [-0.1, -0.05) is 54.6 Å². The maximum Gasteiger partial charge on any atom is 0.228 e. The van der Waals surface area contributed by atoms with Crippen LogP contribution in [0.2, 0.25) is 0 Å². The zero-order chi connectivity index (χ0) is 14.9. The fourth-order valence-corrected chi connectivity index (χ4v) is 3.05. The van der Waals surface area contributed by atoms with Gasteiger partial charge in [-0.25, -0.2) is 0 Å². The second-order valence-electron chi connectivity index (χ2n) is 5.78. The molecule has 0 bridgehead atoms. The number of anilines is 1. The van der Waals surface area contributed by atoms with E-state index in [-0.39, 0.29) is 5.91 Å². The van der Waals surface area contributed by atoms with E-state index in [4.69, 9.17) is 0 Å². The Hall–Kier alpha value is -2.61. The highest BCUT2D eigenvalue weighted by Gasteiger charge is 2.24. The van der Waals surface area contributed by atoms with Gasteiger partial charge in [0, 0.05) is 18.7 Å². The lowest BCUT2D eigenvalue weighted by Gasteiger charge is -2.30. The molecule has 0 saturated carbocycles. The van der Waals surface area contributed by atoms with E-state index in [9.17, 15) is 4.79 Å². The Morgan fingerprint density at radius 1 is 0.864 bits per heavy atom. The lowest BCUT2D eigenvalue weighted by molar-refractivity contribution is -0.122. The molecule has 108 valence electrons. The number of carbonyl (C=O) groups excluding carboxylic acids is 1. The molecule has 1 fully saturated rings. The van der Waals surface area contributed by atoms with Crippen LogP contribution in [-0.4, -0.2) is 12.5 Å². The van der Waals surface area contributed by atoms with Gasteiger partial charge in [-0.3, -0.25) is 4.79 Å². The zero-order valence-electron chi connectivity index (χ0n) is 12.3. The number of hydrogen-bond donors (Lipinski definition) is 0. The molecule has 22 heavy (non-hydrogen) atoms. The summed E-state index contributed by atoms with van der Waals surface area (Å²) in [5.74, 6) is 0.224. The number of amides is 1. The maximum absolute atomic E-state index is 11.5. The molecular weight excluding hydrogens is 270 g/mol. The normalized spacial score (nSPS) is 14.2. The van der Waals surface area contributed by atoms with Crippen LogP contribution in [0.25, 0.3) is 10.8 Å². The van der Waals surface area contributed by atoms with Crippen molar-refractivity contribution in [2.45, 2.75) is 12.8 Å². The van der Waals surface area contributed by atoms with Crippen LogP contribution >= 0.6 is 0 Å². The second kappa shape index (κ2) is 5.30. The smallest absolute Gasteiger partial charge is 0.228 e. The molecule has 3 aromatic rings. The highest BCUT2D eigenvalue weighted by Crippen LogP contribution is 2.25. The zero-order valence-corrected chi connectivity index (χ0v) is 12.3. The molecule has 1 aliphatic rings. The van der Waals surface area contributed by atoms with Crippen molar-refractivity contribution in [1.82, 2.24) is 0 Å². The summed E-state index contributed by atoms with van der Waals surface area (Å²) in [4.78, 5) is 13.3. The van der Waals surface area contributed by atoms with Crippen LogP contribution in [0.15, 0.2) is 66.7 Å². The first-order valence-electron chi connectivity index (χ1n) is 7.67. The molecule has 0 aromatic heterocycles. The van der Waals surface area contributed by atoms with Crippen LogP contribution in [-0.2, 0) is 11.2 Å². The number of rotatable bonds is 3. The monoisotopic (exact) mass is 287 g/mol. The van der Waals surface area contributed by atoms with Gasteiger partial charge in [0.25, 0.3) is 0 Å². The number of carbonyl (C=O) groups is 1. The summed E-state index contributed by atoms with van der Waals surface area (Å²) in [6.45, 7) is 0.849. The molecule has 1 heterocycles. The first-order chi connectivity index (χ1) is 10.8. The minimum Gasteiger partial charge on any atom is -0.312 e. The van der Waals surface area contributed by atoms with E-state index < -0.39 is 0 Å². The molecule has 1 aliphatic heterocycles. The lowest BCUT2D eigenvalue weighted by Crippen LogP contribution is -2.43. The van der Waals surface area contributed by atoms with Gasteiger partial charge in [0.1, 0.15) is 0 Å². The van der Waals surface area contributed by atoms with Gasteiger partial charge in [0.2, 0.25) is 5.91 Å². The minimum atomic E-state index is 0.224. The van der Waals surface area contributed by atoms with Crippen LogP contribution in [0.3, 0.4) is 0 Å². The van der Waals surface area contributed by atoms with Gasteiger partial charge in [-0.15, -0.1) is 0 Å². The largest absolute Gasteiger partial charge is 0.312 e. The summed E-state index contributed by atoms with van der Waals surface area (Å²) < 4.78 is 0. The van der Waals surface area contributed by atoms with Crippen molar-refractivity contribution < 1.29 is 4.79 Å². The van der Waals surface area contributed by atoms with Gasteiger partial charge in [-0.2, -0.15) is 0 Å². The Balaban J connectivity index is 1.61. The van der Waals surface area contributed by atoms with E-state index >= 15 is 0 Å². The quantitative estimate of drug-likeness (QED) is 0.662. The number of fused-ring (bicyclic) bond motifs is 1. The predicted octanol–water partition coefficient (Wildman–Crippen LogP) is 4.17. The molecule has 0 N–H and O–H groups in total. The third-order valence-corrected chi connectivity index (χ3v) is 4.37. The summed E-state index contributed by atoms with van der Waals surface area (Å²) >= 11 is 0. The summed E-state index contributed by atoms with van der Waals surface area (Å²) in [5.41, 5.74) is 3.62. The minimum absolute atomic E-state index is 0.224.